The summed E-state index contributed by atoms with van der Waals surface area (Å²) in [4.78, 5) is 11.8. The summed E-state index contributed by atoms with van der Waals surface area (Å²) in [5, 5.41) is 6.16. The highest BCUT2D eigenvalue weighted by Gasteiger charge is 2.26. The van der Waals surface area contributed by atoms with E-state index in [1.807, 2.05) is 49.1 Å². The summed E-state index contributed by atoms with van der Waals surface area (Å²) in [6.07, 6.45) is 3.59. The van der Waals surface area contributed by atoms with Gasteiger partial charge in [0.05, 0.1) is 23.1 Å². The maximum atomic E-state index is 5.51. The molecule has 110 valence electrons. The fourth-order valence-corrected chi connectivity index (χ4v) is 3.13. The number of thiophene rings is 1. The fraction of sp³-hybridized carbons (Fsp3) is 0.357. The van der Waals surface area contributed by atoms with Crippen LogP contribution >= 0.6 is 11.3 Å². The van der Waals surface area contributed by atoms with Crippen LogP contribution in [0.1, 0.15) is 23.2 Å². The standard InChI is InChI=1S/C14H17N5OS/c1-9-5-6-21-12(9)13-16-14(20-17-13)11(18(2)3)10-7-15-8-19(10)4/h5-8,11H,1-4H3. The van der Waals surface area contributed by atoms with Gasteiger partial charge >= 0.3 is 0 Å². The van der Waals surface area contributed by atoms with Crippen LogP contribution in [0.15, 0.2) is 28.5 Å². The van der Waals surface area contributed by atoms with Crippen LogP contribution in [0.4, 0.5) is 0 Å². The minimum Gasteiger partial charge on any atom is -0.337 e. The number of imidazole rings is 1. The lowest BCUT2D eigenvalue weighted by Crippen LogP contribution is -2.23. The van der Waals surface area contributed by atoms with E-state index in [1.165, 1.54) is 0 Å². The number of nitrogens with zero attached hydrogens (tertiary/aromatic N) is 5. The Balaban J connectivity index is 2.01. The molecule has 7 heteroatoms. The highest BCUT2D eigenvalue weighted by molar-refractivity contribution is 7.13. The topological polar surface area (TPSA) is 60.0 Å². The molecular weight excluding hydrogens is 286 g/mol. The molecule has 6 nitrogen and oxygen atoms in total. The molecule has 3 heterocycles. The third-order valence-corrected chi connectivity index (χ3v) is 4.40. The molecule has 0 saturated carbocycles. The molecule has 0 aliphatic carbocycles. The van der Waals surface area contributed by atoms with Gasteiger partial charge in [-0.3, -0.25) is 4.90 Å². The van der Waals surface area contributed by atoms with Crippen LogP contribution in [0, 0.1) is 6.92 Å². The summed E-state index contributed by atoms with van der Waals surface area (Å²) in [5.74, 6) is 1.22. The molecule has 1 atom stereocenters. The summed E-state index contributed by atoms with van der Waals surface area (Å²) in [6.45, 7) is 2.05. The van der Waals surface area contributed by atoms with E-state index in [0.717, 1.165) is 16.1 Å². The summed E-state index contributed by atoms with van der Waals surface area (Å²) in [7, 11) is 5.93. The smallest absolute Gasteiger partial charge is 0.250 e. The van der Waals surface area contributed by atoms with Crippen molar-refractivity contribution in [3.05, 3.63) is 41.1 Å². The van der Waals surface area contributed by atoms with Crippen LogP contribution in [0.3, 0.4) is 0 Å². The summed E-state index contributed by atoms with van der Waals surface area (Å²) < 4.78 is 7.47. The number of aromatic nitrogens is 4. The van der Waals surface area contributed by atoms with Gasteiger partial charge in [0.15, 0.2) is 0 Å². The molecule has 3 aromatic rings. The first-order chi connectivity index (χ1) is 10.1. The van der Waals surface area contributed by atoms with Crippen LogP contribution in [0.25, 0.3) is 10.7 Å². The number of hydrogen-bond acceptors (Lipinski definition) is 6. The lowest BCUT2D eigenvalue weighted by atomic mass is 10.2. The van der Waals surface area contributed by atoms with Gasteiger partial charge in [-0.25, -0.2) is 4.98 Å². The fourth-order valence-electron chi connectivity index (χ4n) is 2.28. The largest absolute Gasteiger partial charge is 0.337 e. The van der Waals surface area contributed by atoms with Crippen molar-refractivity contribution in [2.75, 3.05) is 14.1 Å². The van der Waals surface area contributed by atoms with Crippen molar-refractivity contribution >= 4 is 11.3 Å². The van der Waals surface area contributed by atoms with Gasteiger partial charge in [-0.1, -0.05) is 5.16 Å². The van der Waals surface area contributed by atoms with Crippen LogP contribution in [0.5, 0.6) is 0 Å². The van der Waals surface area contributed by atoms with Gasteiger partial charge in [-0.2, -0.15) is 4.98 Å². The highest BCUT2D eigenvalue weighted by Crippen LogP contribution is 2.30. The quantitative estimate of drug-likeness (QED) is 0.741. The predicted octanol–water partition coefficient (Wildman–Crippen LogP) is 2.49. The Morgan fingerprint density at radius 3 is 2.76 bits per heavy atom. The average molecular weight is 303 g/mol. The molecular formula is C14H17N5OS. The zero-order chi connectivity index (χ0) is 15.0. The SMILES string of the molecule is Cc1ccsc1-c1noc(C(c2cncn2C)N(C)C)n1. The lowest BCUT2D eigenvalue weighted by molar-refractivity contribution is 0.254. The van der Waals surface area contributed by atoms with Gasteiger partial charge in [0.2, 0.25) is 5.82 Å². The second kappa shape index (κ2) is 5.42. The van der Waals surface area contributed by atoms with Gasteiger partial charge in [0.1, 0.15) is 6.04 Å². The molecule has 3 rings (SSSR count). The third-order valence-electron chi connectivity index (χ3n) is 3.39. The Kier molecular flexibility index (Phi) is 3.60. The minimum atomic E-state index is -0.112. The molecule has 0 fully saturated rings. The molecule has 0 spiro atoms. The van der Waals surface area contributed by atoms with Crippen molar-refractivity contribution in [3.8, 4) is 10.7 Å². The van der Waals surface area contributed by atoms with E-state index in [0.29, 0.717) is 11.7 Å². The van der Waals surface area contributed by atoms with Crippen molar-refractivity contribution in [1.29, 1.82) is 0 Å². The Morgan fingerprint density at radius 1 is 1.38 bits per heavy atom. The summed E-state index contributed by atoms with van der Waals surface area (Å²) in [5.41, 5.74) is 2.17. The normalized spacial score (nSPS) is 13.0. The van der Waals surface area contributed by atoms with Crippen molar-refractivity contribution in [3.63, 3.8) is 0 Å². The van der Waals surface area contributed by atoms with Crippen LogP contribution in [0.2, 0.25) is 0 Å². The van der Waals surface area contributed by atoms with Crippen molar-refractivity contribution in [1.82, 2.24) is 24.6 Å². The van der Waals surface area contributed by atoms with Gasteiger partial charge in [-0.15, -0.1) is 11.3 Å². The third kappa shape index (κ3) is 2.50. The van der Waals surface area contributed by atoms with Crippen LogP contribution < -0.4 is 0 Å². The highest BCUT2D eigenvalue weighted by atomic mass is 32.1. The Labute approximate surface area is 127 Å². The van der Waals surface area contributed by atoms with E-state index in [-0.39, 0.29) is 6.04 Å². The summed E-state index contributed by atoms with van der Waals surface area (Å²) in [6, 6.07) is 1.94. The molecule has 21 heavy (non-hydrogen) atoms. The van der Waals surface area contributed by atoms with Crippen LogP contribution in [-0.2, 0) is 7.05 Å². The number of aryl methyl sites for hydroxylation is 2. The van der Waals surface area contributed by atoms with Gasteiger partial charge < -0.3 is 9.09 Å². The van der Waals surface area contributed by atoms with Gasteiger partial charge in [0, 0.05) is 7.05 Å². The second-order valence-electron chi connectivity index (χ2n) is 5.18. The van der Waals surface area contributed by atoms with E-state index in [2.05, 4.69) is 21.2 Å². The molecule has 0 aromatic carbocycles. The second-order valence-corrected chi connectivity index (χ2v) is 6.10. The Morgan fingerprint density at radius 2 is 2.19 bits per heavy atom. The minimum absolute atomic E-state index is 0.112. The maximum absolute atomic E-state index is 5.51. The van der Waals surface area contributed by atoms with E-state index >= 15 is 0 Å². The van der Waals surface area contributed by atoms with Crippen LogP contribution in [-0.4, -0.2) is 38.7 Å². The number of rotatable bonds is 4. The molecule has 0 aliphatic rings. The van der Waals surface area contributed by atoms with E-state index in [1.54, 1.807) is 17.7 Å². The van der Waals surface area contributed by atoms with E-state index < -0.39 is 0 Å². The Hall–Kier alpha value is -1.99. The van der Waals surface area contributed by atoms with E-state index in [4.69, 9.17) is 4.52 Å². The van der Waals surface area contributed by atoms with E-state index in [9.17, 15) is 0 Å². The molecule has 0 saturated heterocycles. The van der Waals surface area contributed by atoms with Gasteiger partial charge in [0.25, 0.3) is 5.89 Å². The molecule has 0 amide bonds. The monoisotopic (exact) mass is 303 g/mol. The Bertz CT molecular complexity index is 742. The first-order valence-corrected chi connectivity index (χ1v) is 7.46. The van der Waals surface area contributed by atoms with Crippen molar-refractivity contribution in [2.24, 2.45) is 7.05 Å². The zero-order valence-electron chi connectivity index (χ0n) is 12.4. The molecule has 0 bridgehead atoms. The molecule has 0 radical (unpaired) electrons. The predicted molar refractivity (Wildman–Crippen MR) is 81.1 cm³/mol. The van der Waals surface area contributed by atoms with Crippen molar-refractivity contribution in [2.45, 2.75) is 13.0 Å². The first kappa shape index (κ1) is 14.0. The average Bonchev–Trinajstić information content (AvgIpc) is 3.13. The zero-order valence-corrected chi connectivity index (χ0v) is 13.3. The van der Waals surface area contributed by atoms with Gasteiger partial charge in [-0.05, 0) is 38.0 Å². The first-order valence-electron chi connectivity index (χ1n) is 6.58. The lowest BCUT2D eigenvalue weighted by Gasteiger charge is -2.20. The molecule has 0 aliphatic heterocycles. The molecule has 1 unspecified atom stereocenters. The molecule has 3 aromatic heterocycles. The molecule has 0 N–H and O–H groups in total. The summed E-state index contributed by atoms with van der Waals surface area (Å²) >= 11 is 1.62. The van der Waals surface area contributed by atoms with Crippen molar-refractivity contribution < 1.29 is 4.52 Å². The number of hydrogen-bond donors (Lipinski definition) is 0. The maximum Gasteiger partial charge on any atom is 0.250 e.